The Morgan fingerprint density at radius 3 is 1.21 bits per heavy atom. The third-order valence-electron chi connectivity index (χ3n) is 12.2. The maximum atomic E-state index is 2.50. The molecule has 2 atom stereocenters. The summed E-state index contributed by atoms with van der Waals surface area (Å²) >= 11 is 0. The van der Waals surface area contributed by atoms with Crippen molar-refractivity contribution in [2.24, 2.45) is 5.41 Å². The summed E-state index contributed by atoms with van der Waals surface area (Å²) in [5.74, 6) is 0.743. The van der Waals surface area contributed by atoms with E-state index in [1.54, 1.807) is 11.1 Å². The number of fused-ring (bicyclic) bond motifs is 1. The quantitative estimate of drug-likeness (QED) is 0.174. The molecule has 0 fully saturated rings. The zero-order valence-electron chi connectivity index (χ0n) is 26.8. The van der Waals surface area contributed by atoms with Crippen LogP contribution in [0.2, 0.25) is 0 Å². The molecule has 0 nitrogen and oxygen atoms in total. The van der Waals surface area contributed by atoms with Gasteiger partial charge >= 0.3 is 0 Å². The molecule has 8 aromatic rings. The molecule has 0 N–H and O–H groups in total. The normalized spacial score (nSPS) is 20.6. The highest BCUT2D eigenvalue weighted by atomic mass is 14.5. The largest absolute Gasteiger partial charge is 0.0760 e. The first-order chi connectivity index (χ1) is 23.0. The molecule has 3 aliphatic carbocycles. The Kier molecular flexibility index (Phi) is 4.96. The SMILES string of the molecule is CC1(C)C2=C(C=CC(c3ccc4ccc5cccc6ccc3c4c56)C2)C2=C1CC(c1ccc3ccc4cccc5ccc1c3c45)C=C2. The van der Waals surface area contributed by atoms with Gasteiger partial charge in [0.15, 0.2) is 0 Å². The maximum absolute atomic E-state index is 2.50. The van der Waals surface area contributed by atoms with Gasteiger partial charge in [-0.05, 0) is 99.7 Å². The number of allylic oxidation sites excluding steroid dienone is 8. The molecule has 0 bridgehead atoms. The van der Waals surface area contributed by atoms with Gasteiger partial charge in [-0.15, -0.1) is 0 Å². The lowest BCUT2D eigenvalue weighted by Crippen LogP contribution is -2.20. The molecule has 8 aromatic carbocycles. The van der Waals surface area contributed by atoms with Crippen LogP contribution in [-0.4, -0.2) is 0 Å². The Balaban J connectivity index is 0.965. The smallest absolute Gasteiger partial charge is 0.00831 e. The van der Waals surface area contributed by atoms with E-state index < -0.39 is 0 Å². The molecule has 0 heterocycles. The van der Waals surface area contributed by atoms with Crippen LogP contribution in [0.1, 0.15) is 49.7 Å². The molecular weight excluding hydrogens is 565 g/mol. The second-order valence-corrected chi connectivity index (χ2v) is 14.8. The molecule has 2 unspecified atom stereocenters. The van der Waals surface area contributed by atoms with Crippen molar-refractivity contribution in [3.63, 3.8) is 0 Å². The van der Waals surface area contributed by atoms with Crippen molar-refractivity contribution in [1.82, 2.24) is 0 Å². The van der Waals surface area contributed by atoms with E-state index in [0.717, 1.165) is 12.8 Å². The van der Waals surface area contributed by atoms with Crippen LogP contribution in [0.25, 0.3) is 64.6 Å². The molecule has 0 heteroatoms. The summed E-state index contributed by atoms with van der Waals surface area (Å²) < 4.78 is 0. The lowest BCUT2D eigenvalue weighted by atomic mass is 9.70. The van der Waals surface area contributed by atoms with Crippen LogP contribution in [0, 0.1) is 5.41 Å². The second kappa shape index (κ2) is 8.99. The Labute approximate surface area is 274 Å². The molecule has 0 saturated heterocycles. The van der Waals surface area contributed by atoms with E-state index in [1.807, 2.05) is 0 Å². The van der Waals surface area contributed by atoms with E-state index in [2.05, 4.69) is 147 Å². The van der Waals surface area contributed by atoms with E-state index in [9.17, 15) is 0 Å². The van der Waals surface area contributed by atoms with Gasteiger partial charge in [0, 0.05) is 17.3 Å². The van der Waals surface area contributed by atoms with Crippen molar-refractivity contribution in [3.05, 3.63) is 167 Å². The van der Waals surface area contributed by atoms with Gasteiger partial charge in [0.05, 0.1) is 0 Å². The molecule has 0 amide bonds. The third-order valence-corrected chi connectivity index (χ3v) is 12.2. The van der Waals surface area contributed by atoms with Crippen LogP contribution in [0.5, 0.6) is 0 Å². The lowest BCUT2D eigenvalue weighted by molar-refractivity contribution is 0.487. The van der Waals surface area contributed by atoms with Gasteiger partial charge in [-0.3, -0.25) is 0 Å². The van der Waals surface area contributed by atoms with Gasteiger partial charge in [-0.2, -0.15) is 0 Å². The topological polar surface area (TPSA) is 0 Å². The average Bonchev–Trinajstić information content (AvgIpc) is 3.34. The molecule has 222 valence electrons. The van der Waals surface area contributed by atoms with Crippen molar-refractivity contribution in [2.45, 2.75) is 38.5 Å². The Morgan fingerprint density at radius 1 is 0.426 bits per heavy atom. The van der Waals surface area contributed by atoms with Gasteiger partial charge < -0.3 is 0 Å². The van der Waals surface area contributed by atoms with Crippen molar-refractivity contribution in [1.29, 1.82) is 0 Å². The molecule has 0 aliphatic heterocycles. The highest BCUT2D eigenvalue weighted by molar-refractivity contribution is 6.24. The van der Waals surface area contributed by atoms with Crippen molar-refractivity contribution in [2.75, 3.05) is 0 Å². The van der Waals surface area contributed by atoms with Crippen LogP contribution in [0.4, 0.5) is 0 Å². The molecule has 11 rings (SSSR count). The van der Waals surface area contributed by atoms with E-state index in [0.29, 0.717) is 11.8 Å². The first kappa shape index (κ1) is 25.9. The Morgan fingerprint density at radius 2 is 0.787 bits per heavy atom. The van der Waals surface area contributed by atoms with Crippen LogP contribution in [0.15, 0.2) is 156 Å². The van der Waals surface area contributed by atoms with Crippen LogP contribution in [0.3, 0.4) is 0 Å². The standard InChI is InChI=1S/C47H34/c1-47(2)41-25-33(35-19-13-31-11-9-27-5-3-7-29-15-23-39(35)45(31)43(27)29)17-21-37(41)38-22-18-34(26-42(38)47)36-20-14-32-12-10-28-6-4-8-30-16-24-40(36)46(32)44(28)30/h3-24,33-34H,25-26H2,1-2H3. The summed E-state index contributed by atoms with van der Waals surface area (Å²) in [6.45, 7) is 4.98. The van der Waals surface area contributed by atoms with E-state index in [-0.39, 0.29) is 5.41 Å². The minimum absolute atomic E-state index is 0.0320. The molecule has 0 aromatic heterocycles. The Hall–Kier alpha value is -5.20. The highest BCUT2D eigenvalue weighted by Gasteiger charge is 2.42. The second-order valence-electron chi connectivity index (χ2n) is 14.8. The molecule has 3 aliphatic rings. The number of benzene rings is 8. The van der Waals surface area contributed by atoms with Gasteiger partial charge in [0.2, 0.25) is 0 Å². The summed E-state index contributed by atoms with van der Waals surface area (Å²) in [5.41, 5.74) is 9.13. The zero-order valence-corrected chi connectivity index (χ0v) is 26.8. The predicted molar refractivity (Wildman–Crippen MR) is 201 cm³/mol. The fraction of sp³-hybridized carbons (Fsp3) is 0.149. The fourth-order valence-electron chi connectivity index (χ4n) is 9.88. The fourth-order valence-corrected chi connectivity index (χ4v) is 9.88. The predicted octanol–water partition coefficient (Wildman–Crippen LogP) is 12.9. The van der Waals surface area contributed by atoms with Crippen molar-refractivity contribution >= 4 is 64.6 Å². The summed E-state index contributed by atoms with van der Waals surface area (Å²) in [6.07, 6.45) is 12.1. The first-order valence-corrected chi connectivity index (χ1v) is 17.2. The summed E-state index contributed by atoms with van der Waals surface area (Å²) in [7, 11) is 0. The first-order valence-electron chi connectivity index (χ1n) is 17.2. The third kappa shape index (κ3) is 3.38. The minimum atomic E-state index is 0.0320. The number of hydrogen-bond donors (Lipinski definition) is 0. The molecule has 0 radical (unpaired) electrons. The van der Waals surface area contributed by atoms with Gasteiger partial charge in [0.1, 0.15) is 0 Å². The maximum Gasteiger partial charge on any atom is 0.00831 e. The molecule has 47 heavy (non-hydrogen) atoms. The highest BCUT2D eigenvalue weighted by Crippen LogP contribution is 2.57. The summed E-state index contributed by atoms with van der Waals surface area (Å²) in [5, 5.41) is 16.5. The van der Waals surface area contributed by atoms with Crippen LogP contribution < -0.4 is 0 Å². The van der Waals surface area contributed by atoms with Gasteiger partial charge in [0.25, 0.3) is 0 Å². The Bertz CT molecular complexity index is 2540. The summed E-state index contributed by atoms with van der Waals surface area (Å²) in [4.78, 5) is 0. The molecule has 0 spiro atoms. The lowest BCUT2D eigenvalue weighted by Gasteiger charge is -2.33. The average molecular weight is 599 g/mol. The van der Waals surface area contributed by atoms with Gasteiger partial charge in [-0.1, -0.05) is 158 Å². The van der Waals surface area contributed by atoms with Crippen LogP contribution in [-0.2, 0) is 0 Å². The monoisotopic (exact) mass is 598 g/mol. The minimum Gasteiger partial charge on any atom is -0.0760 e. The van der Waals surface area contributed by atoms with Gasteiger partial charge in [-0.25, -0.2) is 0 Å². The molecular formula is C47H34. The summed E-state index contributed by atoms with van der Waals surface area (Å²) in [6, 6.07) is 41.5. The van der Waals surface area contributed by atoms with Crippen molar-refractivity contribution < 1.29 is 0 Å². The van der Waals surface area contributed by atoms with E-state index >= 15 is 0 Å². The molecule has 0 saturated carbocycles. The van der Waals surface area contributed by atoms with Crippen LogP contribution >= 0.6 is 0 Å². The van der Waals surface area contributed by atoms with E-state index in [1.165, 1.54) is 86.9 Å². The number of hydrogen-bond acceptors (Lipinski definition) is 0. The number of rotatable bonds is 2. The zero-order chi connectivity index (χ0) is 31.0. The van der Waals surface area contributed by atoms with Crippen molar-refractivity contribution in [3.8, 4) is 0 Å². The van der Waals surface area contributed by atoms with E-state index in [4.69, 9.17) is 0 Å².